The second-order valence-electron chi connectivity index (χ2n) is 7.15. The number of hydrogen-bond donors (Lipinski definition) is 0. The fourth-order valence-electron chi connectivity index (χ4n) is 3.15. The first-order valence-electron chi connectivity index (χ1n) is 10.8. The van der Waals surface area contributed by atoms with Gasteiger partial charge in [0.25, 0.3) is 0 Å². The van der Waals surface area contributed by atoms with Crippen LogP contribution in [0, 0.1) is 0 Å². The molecule has 150 valence electrons. The van der Waals surface area contributed by atoms with Gasteiger partial charge in [0.2, 0.25) is 0 Å². The molecule has 0 N–H and O–H groups in total. The number of rotatable bonds is 20. The molecule has 0 aliphatic rings. The molecule has 0 atom stereocenters. The van der Waals surface area contributed by atoms with Crippen LogP contribution in [0.25, 0.3) is 0 Å². The third kappa shape index (κ3) is 23.7. The SMILES string of the molecule is CCCCCCCCCCCCCCCCCCCCOOC(=O)Cl. The zero-order chi connectivity index (χ0) is 18.4. The van der Waals surface area contributed by atoms with Crippen molar-refractivity contribution in [1.29, 1.82) is 0 Å². The van der Waals surface area contributed by atoms with Crippen LogP contribution in [-0.4, -0.2) is 12.0 Å². The van der Waals surface area contributed by atoms with E-state index in [1.165, 1.54) is 103 Å². The van der Waals surface area contributed by atoms with Crippen LogP contribution in [0.2, 0.25) is 0 Å². The van der Waals surface area contributed by atoms with Gasteiger partial charge in [-0.05, 0) is 6.42 Å². The number of carbonyl (C=O) groups excluding carboxylic acids is 1. The molecule has 0 fully saturated rings. The van der Waals surface area contributed by atoms with E-state index in [1.54, 1.807) is 0 Å². The summed E-state index contributed by atoms with van der Waals surface area (Å²) in [5.41, 5.74) is -0.901. The molecule has 0 aromatic rings. The van der Waals surface area contributed by atoms with Gasteiger partial charge in [0.05, 0.1) is 6.61 Å². The highest BCUT2D eigenvalue weighted by molar-refractivity contribution is 6.61. The Bertz CT molecular complexity index is 272. The summed E-state index contributed by atoms with van der Waals surface area (Å²) in [6.45, 7) is 2.72. The maximum Gasteiger partial charge on any atom is 0.435 e. The highest BCUT2D eigenvalue weighted by atomic mass is 35.5. The Kier molecular flexibility index (Phi) is 21.5. The normalized spacial score (nSPS) is 11.0. The average Bonchev–Trinajstić information content (AvgIpc) is 2.60. The molecular weight excluding hydrogens is 336 g/mol. The van der Waals surface area contributed by atoms with E-state index < -0.39 is 5.43 Å². The Morgan fingerprint density at radius 2 is 0.920 bits per heavy atom. The topological polar surface area (TPSA) is 35.5 Å². The summed E-state index contributed by atoms with van der Waals surface area (Å²) < 4.78 is 0. The molecule has 0 saturated heterocycles. The summed E-state index contributed by atoms with van der Waals surface area (Å²) in [6.07, 6.45) is 24.4. The molecule has 0 aromatic heterocycles. The molecule has 0 amide bonds. The number of carbonyl (C=O) groups is 1. The van der Waals surface area contributed by atoms with Crippen molar-refractivity contribution in [3.05, 3.63) is 0 Å². The zero-order valence-electron chi connectivity index (χ0n) is 16.5. The molecule has 0 radical (unpaired) electrons. The Morgan fingerprint density at radius 1 is 0.600 bits per heavy atom. The summed E-state index contributed by atoms with van der Waals surface area (Å²) >= 11 is 4.98. The van der Waals surface area contributed by atoms with Crippen LogP contribution in [0.3, 0.4) is 0 Å². The molecular formula is C21H41ClO3. The van der Waals surface area contributed by atoms with Crippen LogP contribution in [0.15, 0.2) is 0 Å². The molecule has 3 nitrogen and oxygen atoms in total. The number of halogens is 1. The molecule has 0 heterocycles. The van der Waals surface area contributed by atoms with Gasteiger partial charge >= 0.3 is 5.43 Å². The lowest BCUT2D eigenvalue weighted by Crippen LogP contribution is -1.98. The Labute approximate surface area is 161 Å². The first-order chi connectivity index (χ1) is 12.3. The minimum atomic E-state index is -0.901. The Hall–Kier alpha value is -0.280. The highest BCUT2D eigenvalue weighted by Gasteiger charge is 1.97. The first kappa shape index (κ1) is 24.7. The lowest BCUT2D eigenvalue weighted by atomic mass is 10.0. The fraction of sp³-hybridized carbons (Fsp3) is 0.952. The van der Waals surface area contributed by atoms with Crippen LogP contribution in [0.1, 0.15) is 122 Å². The second-order valence-corrected chi connectivity index (χ2v) is 7.46. The average molecular weight is 377 g/mol. The van der Waals surface area contributed by atoms with E-state index in [2.05, 4.69) is 16.7 Å². The minimum Gasteiger partial charge on any atom is -0.280 e. The number of hydrogen-bond acceptors (Lipinski definition) is 3. The summed E-state index contributed by atoms with van der Waals surface area (Å²) in [5.74, 6) is 0. The molecule has 0 rings (SSSR count). The van der Waals surface area contributed by atoms with E-state index in [0.29, 0.717) is 6.61 Å². The smallest absolute Gasteiger partial charge is 0.280 e. The summed E-state index contributed by atoms with van der Waals surface area (Å²) in [4.78, 5) is 19.1. The molecule has 0 aliphatic carbocycles. The predicted octanol–water partition coefficient (Wildman–Crippen LogP) is 8.34. The van der Waals surface area contributed by atoms with Gasteiger partial charge in [-0.3, -0.25) is 4.89 Å². The van der Waals surface area contributed by atoms with Gasteiger partial charge in [-0.15, -0.1) is 0 Å². The van der Waals surface area contributed by atoms with Crippen molar-refractivity contribution in [2.75, 3.05) is 6.61 Å². The standard InChI is InChI=1S/C21H41ClO3/c1-2-3-4-5-6-7-8-9-10-11-12-13-14-15-16-17-18-19-20-24-25-21(22)23/h2-20H2,1H3. The molecule has 4 heteroatoms. The summed E-state index contributed by atoms with van der Waals surface area (Å²) in [7, 11) is 0. The lowest BCUT2D eigenvalue weighted by molar-refractivity contribution is -0.231. The molecule has 0 unspecified atom stereocenters. The van der Waals surface area contributed by atoms with E-state index in [-0.39, 0.29) is 0 Å². The Morgan fingerprint density at radius 3 is 1.24 bits per heavy atom. The van der Waals surface area contributed by atoms with Crippen molar-refractivity contribution in [1.82, 2.24) is 0 Å². The van der Waals surface area contributed by atoms with Gasteiger partial charge in [-0.1, -0.05) is 116 Å². The molecule has 0 bridgehead atoms. The summed E-state index contributed by atoms with van der Waals surface area (Å²) in [6, 6.07) is 0. The zero-order valence-corrected chi connectivity index (χ0v) is 17.3. The second kappa shape index (κ2) is 21.8. The molecule has 0 saturated carbocycles. The molecule has 0 spiro atoms. The van der Waals surface area contributed by atoms with Crippen LogP contribution in [0.5, 0.6) is 0 Å². The highest BCUT2D eigenvalue weighted by Crippen LogP contribution is 2.14. The van der Waals surface area contributed by atoms with E-state index in [1.807, 2.05) is 0 Å². The van der Waals surface area contributed by atoms with E-state index in [0.717, 1.165) is 12.8 Å². The van der Waals surface area contributed by atoms with Crippen molar-refractivity contribution in [3.63, 3.8) is 0 Å². The molecule has 25 heavy (non-hydrogen) atoms. The quantitative estimate of drug-likeness (QED) is 0.0926. The van der Waals surface area contributed by atoms with Crippen LogP contribution in [0.4, 0.5) is 4.79 Å². The van der Waals surface area contributed by atoms with E-state index >= 15 is 0 Å². The van der Waals surface area contributed by atoms with Crippen LogP contribution >= 0.6 is 11.6 Å². The van der Waals surface area contributed by atoms with Gasteiger partial charge in [0.1, 0.15) is 0 Å². The van der Waals surface area contributed by atoms with E-state index in [4.69, 9.17) is 11.6 Å². The third-order valence-electron chi connectivity index (χ3n) is 4.71. The van der Waals surface area contributed by atoms with E-state index in [9.17, 15) is 4.79 Å². The maximum atomic E-state index is 10.3. The van der Waals surface area contributed by atoms with Crippen molar-refractivity contribution in [2.24, 2.45) is 0 Å². The maximum absolute atomic E-state index is 10.3. The van der Waals surface area contributed by atoms with Crippen LogP contribution < -0.4 is 0 Å². The molecule has 0 aromatic carbocycles. The monoisotopic (exact) mass is 376 g/mol. The number of unbranched alkanes of at least 4 members (excludes halogenated alkanes) is 17. The lowest BCUT2D eigenvalue weighted by Gasteiger charge is -2.04. The minimum absolute atomic E-state index is 0.442. The van der Waals surface area contributed by atoms with Gasteiger partial charge in [-0.2, -0.15) is 4.89 Å². The Balaban J connectivity index is 2.97. The van der Waals surface area contributed by atoms with Crippen molar-refractivity contribution < 1.29 is 14.6 Å². The van der Waals surface area contributed by atoms with Gasteiger partial charge in [0.15, 0.2) is 0 Å². The van der Waals surface area contributed by atoms with Crippen molar-refractivity contribution in [3.8, 4) is 0 Å². The van der Waals surface area contributed by atoms with Crippen molar-refractivity contribution >= 4 is 17.0 Å². The van der Waals surface area contributed by atoms with Gasteiger partial charge < -0.3 is 0 Å². The predicted molar refractivity (Wildman–Crippen MR) is 107 cm³/mol. The summed E-state index contributed by atoms with van der Waals surface area (Å²) in [5, 5.41) is 0. The fourth-order valence-corrected chi connectivity index (χ4v) is 3.20. The molecule has 0 aliphatic heterocycles. The van der Waals surface area contributed by atoms with Gasteiger partial charge in [-0.25, -0.2) is 4.79 Å². The third-order valence-corrected chi connectivity index (χ3v) is 4.77. The van der Waals surface area contributed by atoms with Gasteiger partial charge in [0, 0.05) is 11.6 Å². The van der Waals surface area contributed by atoms with Crippen molar-refractivity contribution in [2.45, 2.75) is 122 Å². The largest absolute Gasteiger partial charge is 0.435 e. The first-order valence-corrected chi connectivity index (χ1v) is 11.1. The van der Waals surface area contributed by atoms with Crippen LogP contribution in [-0.2, 0) is 9.78 Å².